The summed E-state index contributed by atoms with van der Waals surface area (Å²) in [7, 11) is 0. The molecule has 100 valence electrons. The summed E-state index contributed by atoms with van der Waals surface area (Å²) in [5, 5.41) is 0.422. The monoisotopic (exact) mass is 269 g/mol. The third-order valence-electron chi connectivity index (χ3n) is 3.04. The van der Waals surface area contributed by atoms with Gasteiger partial charge in [-0.25, -0.2) is 9.78 Å². The van der Waals surface area contributed by atoms with Crippen LogP contribution >= 0.6 is 11.3 Å². The Hall–Kier alpha value is -1.30. The Morgan fingerprint density at radius 1 is 1.67 bits per heavy atom. The number of rotatable bonds is 3. The van der Waals surface area contributed by atoms with Gasteiger partial charge in [0.1, 0.15) is 0 Å². The van der Waals surface area contributed by atoms with E-state index in [2.05, 4.69) is 16.8 Å². The summed E-state index contributed by atoms with van der Waals surface area (Å²) in [4.78, 5) is 18.8. The molecule has 1 aromatic heterocycles. The van der Waals surface area contributed by atoms with Gasteiger partial charge in [-0.05, 0) is 25.7 Å². The highest BCUT2D eigenvalue weighted by atomic mass is 32.1. The molecule has 5 nitrogen and oxygen atoms in total. The zero-order chi connectivity index (χ0) is 13.1. The van der Waals surface area contributed by atoms with Gasteiger partial charge >= 0.3 is 5.97 Å². The van der Waals surface area contributed by atoms with E-state index in [9.17, 15) is 4.79 Å². The van der Waals surface area contributed by atoms with Gasteiger partial charge in [0.05, 0.1) is 6.61 Å². The van der Waals surface area contributed by atoms with Gasteiger partial charge < -0.3 is 15.4 Å². The number of piperidine rings is 1. The smallest absolute Gasteiger partial charge is 0.352 e. The Morgan fingerprint density at radius 2 is 2.44 bits per heavy atom. The second-order valence-corrected chi connectivity index (χ2v) is 5.65. The van der Waals surface area contributed by atoms with E-state index >= 15 is 0 Å². The molecule has 0 radical (unpaired) electrons. The first kappa shape index (κ1) is 13.1. The lowest BCUT2D eigenvalue weighted by atomic mass is 10.0. The third kappa shape index (κ3) is 2.75. The Labute approximate surface area is 111 Å². The largest absolute Gasteiger partial charge is 0.462 e. The summed E-state index contributed by atoms with van der Waals surface area (Å²) in [6.45, 7) is 6.23. The first-order chi connectivity index (χ1) is 8.61. The molecule has 1 aromatic rings. The first-order valence-electron chi connectivity index (χ1n) is 6.30. The number of carbonyl (C=O) groups is 1. The zero-order valence-electron chi connectivity index (χ0n) is 10.8. The number of aromatic nitrogens is 1. The summed E-state index contributed by atoms with van der Waals surface area (Å²) in [5.74, 6) is 0.999. The number of hydrogen-bond acceptors (Lipinski definition) is 6. The SMILES string of the molecule is CCOC(=O)c1sc(N)nc1N1CCCC(C)C1. The number of nitrogen functional groups attached to an aromatic ring is 1. The Kier molecular flexibility index (Phi) is 4.06. The van der Waals surface area contributed by atoms with Crippen LogP contribution in [0.5, 0.6) is 0 Å². The fraction of sp³-hybridized carbons (Fsp3) is 0.667. The lowest BCUT2D eigenvalue weighted by Crippen LogP contribution is -2.35. The van der Waals surface area contributed by atoms with Crippen LogP contribution in [-0.4, -0.2) is 30.6 Å². The molecular weight excluding hydrogens is 250 g/mol. The van der Waals surface area contributed by atoms with Crippen LogP contribution in [-0.2, 0) is 4.74 Å². The highest BCUT2D eigenvalue weighted by Crippen LogP contribution is 2.31. The van der Waals surface area contributed by atoms with E-state index in [-0.39, 0.29) is 5.97 Å². The van der Waals surface area contributed by atoms with Crippen molar-refractivity contribution < 1.29 is 9.53 Å². The lowest BCUT2D eigenvalue weighted by Gasteiger charge is -2.31. The maximum atomic E-state index is 11.9. The van der Waals surface area contributed by atoms with Crippen LogP contribution in [0.15, 0.2) is 0 Å². The molecule has 1 aliphatic heterocycles. The number of hydrogen-bond donors (Lipinski definition) is 1. The normalized spacial score (nSPS) is 19.9. The van der Waals surface area contributed by atoms with Gasteiger partial charge in [0.15, 0.2) is 15.8 Å². The molecule has 6 heteroatoms. The molecular formula is C12H19N3O2S. The molecule has 1 saturated heterocycles. The molecule has 1 atom stereocenters. The molecule has 1 unspecified atom stereocenters. The Morgan fingerprint density at radius 3 is 3.11 bits per heavy atom. The van der Waals surface area contributed by atoms with Crippen molar-refractivity contribution in [1.82, 2.24) is 4.98 Å². The quantitative estimate of drug-likeness (QED) is 0.851. The molecule has 18 heavy (non-hydrogen) atoms. The van der Waals surface area contributed by atoms with Crippen molar-refractivity contribution in [3.8, 4) is 0 Å². The maximum absolute atomic E-state index is 11.9. The highest BCUT2D eigenvalue weighted by molar-refractivity contribution is 7.17. The number of ether oxygens (including phenoxy) is 1. The summed E-state index contributed by atoms with van der Waals surface area (Å²) in [6.07, 6.45) is 2.35. The minimum absolute atomic E-state index is 0.320. The molecule has 0 bridgehead atoms. The van der Waals surface area contributed by atoms with E-state index in [0.717, 1.165) is 19.5 Å². The summed E-state index contributed by atoms with van der Waals surface area (Å²) in [6, 6.07) is 0. The summed E-state index contributed by atoms with van der Waals surface area (Å²) in [5.41, 5.74) is 5.73. The zero-order valence-corrected chi connectivity index (χ0v) is 11.6. The van der Waals surface area contributed by atoms with Gasteiger partial charge in [-0.2, -0.15) is 0 Å². The predicted octanol–water partition coefficient (Wildman–Crippen LogP) is 2.14. The minimum Gasteiger partial charge on any atom is -0.462 e. The fourth-order valence-electron chi connectivity index (χ4n) is 2.25. The van der Waals surface area contributed by atoms with Gasteiger partial charge in [0.25, 0.3) is 0 Å². The average molecular weight is 269 g/mol. The van der Waals surface area contributed by atoms with Crippen molar-refractivity contribution in [3.05, 3.63) is 4.88 Å². The minimum atomic E-state index is -0.320. The van der Waals surface area contributed by atoms with Crippen molar-refractivity contribution in [2.45, 2.75) is 26.7 Å². The average Bonchev–Trinajstić information content (AvgIpc) is 2.72. The van der Waals surface area contributed by atoms with E-state index in [4.69, 9.17) is 10.5 Å². The maximum Gasteiger partial charge on any atom is 0.352 e. The van der Waals surface area contributed by atoms with Crippen molar-refractivity contribution in [1.29, 1.82) is 0 Å². The van der Waals surface area contributed by atoms with Crippen molar-refractivity contribution >= 4 is 28.3 Å². The number of carbonyl (C=O) groups excluding carboxylic acids is 1. The van der Waals surface area contributed by atoms with Gasteiger partial charge in [-0.15, -0.1) is 0 Å². The van der Waals surface area contributed by atoms with E-state index in [1.165, 1.54) is 17.8 Å². The predicted molar refractivity (Wildman–Crippen MR) is 73.1 cm³/mol. The van der Waals surface area contributed by atoms with E-state index < -0.39 is 0 Å². The molecule has 0 spiro atoms. The first-order valence-corrected chi connectivity index (χ1v) is 7.11. The molecule has 2 heterocycles. The van der Waals surface area contributed by atoms with E-state index in [1.807, 2.05) is 0 Å². The molecule has 2 N–H and O–H groups in total. The fourth-order valence-corrected chi connectivity index (χ4v) is 3.00. The highest BCUT2D eigenvalue weighted by Gasteiger charge is 2.26. The van der Waals surface area contributed by atoms with Crippen LogP contribution in [0.2, 0.25) is 0 Å². The second kappa shape index (κ2) is 5.56. The summed E-state index contributed by atoms with van der Waals surface area (Å²) >= 11 is 1.21. The molecule has 0 amide bonds. The van der Waals surface area contributed by atoms with Gasteiger partial charge in [0, 0.05) is 13.1 Å². The molecule has 1 aliphatic rings. The number of nitrogens with zero attached hydrogens (tertiary/aromatic N) is 2. The molecule has 0 aliphatic carbocycles. The summed E-state index contributed by atoms with van der Waals surface area (Å²) < 4.78 is 5.05. The number of esters is 1. The van der Waals surface area contributed by atoms with Crippen molar-refractivity contribution in [2.24, 2.45) is 5.92 Å². The molecule has 2 rings (SSSR count). The van der Waals surface area contributed by atoms with Crippen LogP contribution in [0.3, 0.4) is 0 Å². The van der Waals surface area contributed by atoms with Crippen LogP contribution < -0.4 is 10.6 Å². The standard InChI is InChI=1S/C12H19N3O2S/c1-3-17-11(16)9-10(14-12(13)18-9)15-6-4-5-8(2)7-15/h8H,3-7H2,1-2H3,(H2,13,14). The lowest BCUT2D eigenvalue weighted by molar-refractivity contribution is 0.0532. The number of thiazole rings is 1. The topological polar surface area (TPSA) is 68.5 Å². The van der Waals surface area contributed by atoms with Crippen molar-refractivity contribution in [2.75, 3.05) is 30.3 Å². The van der Waals surface area contributed by atoms with Crippen molar-refractivity contribution in [3.63, 3.8) is 0 Å². The molecule has 1 fully saturated rings. The molecule has 0 saturated carbocycles. The van der Waals surface area contributed by atoms with Gasteiger partial charge in [-0.1, -0.05) is 18.3 Å². The van der Waals surface area contributed by atoms with Gasteiger partial charge in [-0.3, -0.25) is 0 Å². The second-order valence-electron chi connectivity index (χ2n) is 4.62. The van der Waals surface area contributed by atoms with E-state index in [0.29, 0.717) is 28.4 Å². The van der Waals surface area contributed by atoms with Crippen LogP contribution in [0.4, 0.5) is 10.9 Å². The Balaban J connectivity index is 2.23. The molecule has 0 aromatic carbocycles. The van der Waals surface area contributed by atoms with Crippen LogP contribution in [0, 0.1) is 5.92 Å². The number of anilines is 2. The van der Waals surface area contributed by atoms with E-state index in [1.54, 1.807) is 6.92 Å². The number of nitrogens with two attached hydrogens (primary N) is 1. The van der Waals surface area contributed by atoms with Crippen LogP contribution in [0.1, 0.15) is 36.4 Å². The third-order valence-corrected chi connectivity index (χ3v) is 3.90. The van der Waals surface area contributed by atoms with Crippen LogP contribution in [0.25, 0.3) is 0 Å². The Bertz CT molecular complexity index is 433. The van der Waals surface area contributed by atoms with Gasteiger partial charge in [0.2, 0.25) is 0 Å².